The van der Waals surface area contributed by atoms with E-state index in [1.807, 2.05) is 13.0 Å². The second-order valence-corrected chi connectivity index (χ2v) is 7.49. The molecule has 1 aromatic rings. The molecule has 2 rings (SSSR count). The summed E-state index contributed by atoms with van der Waals surface area (Å²) in [7, 11) is 1.80. The van der Waals surface area contributed by atoms with Gasteiger partial charge in [-0.25, -0.2) is 0 Å². The van der Waals surface area contributed by atoms with Crippen LogP contribution in [0.15, 0.2) is 23.2 Å². The van der Waals surface area contributed by atoms with Gasteiger partial charge in [-0.2, -0.15) is 0 Å². The Bertz CT molecular complexity index is 604. The van der Waals surface area contributed by atoms with Gasteiger partial charge in [0.25, 0.3) is 0 Å². The van der Waals surface area contributed by atoms with E-state index in [1.165, 1.54) is 5.56 Å². The number of rotatable bonds is 8. The van der Waals surface area contributed by atoms with Gasteiger partial charge in [-0.05, 0) is 37.0 Å². The van der Waals surface area contributed by atoms with Gasteiger partial charge >= 0.3 is 0 Å². The van der Waals surface area contributed by atoms with E-state index in [1.54, 1.807) is 7.05 Å². The number of benzene rings is 1. The summed E-state index contributed by atoms with van der Waals surface area (Å²) in [6.45, 7) is 14.7. The van der Waals surface area contributed by atoms with E-state index in [-0.39, 0.29) is 6.10 Å². The zero-order chi connectivity index (χ0) is 19.6. The number of morpholine rings is 1. The van der Waals surface area contributed by atoms with Crippen LogP contribution in [0.4, 0.5) is 0 Å². The summed E-state index contributed by atoms with van der Waals surface area (Å²) in [5, 5.41) is 6.77. The van der Waals surface area contributed by atoms with E-state index in [4.69, 9.17) is 9.47 Å². The van der Waals surface area contributed by atoms with Gasteiger partial charge in [0.1, 0.15) is 5.75 Å². The average molecular weight is 377 g/mol. The second kappa shape index (κ2) is 11.1. The summed E-state index contributed by atoms with van der Waals surface area (Å²) >= 11 is 0. The van der Waals surface area contributed by atoms with Gasteiger partial charge in [0.2, 0.25) is 0 Å². The molecule has 1 aliphatic rings. The Morgan fingerprint density at radius 1 is 1.37 bits per heavy atom. The second-order valence-electron chi connectivity index (χ2n) is 7.49. The lowest BCUT2D eigenvalue weighted by Crippen LogP contribution is -2.50. The maximum Gasteiger partial charge on any atom is 0.191 e. The largest absolute Gasteiger partial charge is 0.494 e. The zero-order valence-electron chi connectivity index (χ0n) is 17.5. The lowest BCUT2D eigenvalue weighted by Gasteiger charge is -2.34. The molecule has 0 amide bonds. The van der Waals surface area contributed by atoms with E-state index in [9.17, 15) is 0 Å². The SMILES string of the molecule is CCOc1ccc(CNC(=NC)NCC2CN(CC(C)C)CCO2)cc1C. The maximum absolute atomic E-state index is 5.90. The number of aryl methyl sites for hydroxylation is 1. The normalized spacial score (nSPS) is 18.6. The third-order valence-electron chi connectivity index (χ3n) is 4.57. The minimum atomic E-state index is 0.198. The van der Waals surface area contributed by atoms with Crippen LogP contribution in [0.5, 0.6) is 5.75 Å². The van der Waals surface area contributed by atoms with Gasteiger partial charge in [-0.15, -0.1) is 0 Å². The van der Waals surface area contributed by atoms with Gasteiger partial charge in [-0.1, -0.05) is 26.0 Å². The van der Waals surface area contributed by atoms with Crippen LogP contribution < -0.4 is 15.4 Å². The van der Waals surface area contributed by atoms with E-state index in [2.05, 4.69) is 53.4 Å². The van der Waals surface area contributed by atoms with Gasteiger partial charge in [0, 0.05) is 39.8 Å². The van der Waals surface area contributed by atoms with Crippen molar-refractivity contribution in [2.45, 2.75) is 40.3 Å². The predicted molar refractivity (Wildman–Crippen MR) is 112 cm³/mol. The number of guanidine groups is 1. The van der Waals surface area contributed by atoms with Crippen LogP contribution in [0.2, 0.25) is 0 Å². The molecule has 2 N–H and O–H groups in total. The standard InChI is InChI=1S/C21H36N4O2/c1-6-26-20-8-7-18(11-17(20)4)12-23-21(22-5)24-13-19-15-25(9-10-27-19)14-16(2)3/h7-8,11,16,19H,6,9-10,12-15H2,1-5H3,(H2,22,23,24). The molecule has 1 unspecified atom stereocenters. The molecular weight excluding hydrogens is 340 g/mol. The Morgan fingerprint density at radius 2 is 2.19 bits per heavy atom. The van der Waals surface area contributed by atoms with Crippen LogP contribution in [0.1, 0.15) is 31.9 Å². The van der Waals surface area contributed by atoms with Crippen molar-refractivity contribution < 1.29 is 9.47 Å². The number of hydrogen-bond acceptors (Lipinski definition) is 4. The Morgan fingerprint density at radius 3 is 2.85 bits per heavy atom. The monoisotopic (exact) mass is 376 g/mol. The first kappa shape index (κ1) is 21.5. The van der Waals surface area contributed by atoms with Crippen LogP contribution in [-0.4, -0.2) is 63.4 Å². The smallest absolute Gasteiger partial charge is 0.191 e. The van der Waals surface area contributed by atoms with Crippen molar-refractivity contribution in [2.24, 2.45) is 10.9 Å². The molecule has 1 aromatic carbocycles. The fourth-order valence-electron chi connectivity index (χ4n) is 3.34. The van der Waals surface area contributed by atoms with Gasteiger partial charge in [0.05, 0.1) is 19.3 Å². The zero-order valence-corrected chi connectivity index (χ0v) is 17.5. The first-order chi connectivity index (χ1) is 13.0. The van der Waals surface area contributed by atoms with Crippen molar-refractivity contribution in [3.05, 3.63) is 29.3 Å². The Hall–Kier alpha value is -1.79. The van der Waals surface area contributed by atoms with Crippen LogP contribution in [0.3, 0.4) is 0 Å². The first-order valence-corrected chi connectivity index (χ1v) is 10.0. The summed E-state index contributed by atoms with van der Waals surface area (Å²) in [5.41, 5.74) is 2.36. The van der Waals surface area contributed by atoms with Crippen LogP contribution in [0, 0.1) is 12.8 Å². The molecule has 0 bridgehead atoms. The van der Waals surface area contributed by atoms with E-state index >= 15 is 0 Å². The molecule has 0 saturated carbocycles. The van der Waals surface area contributed by atoms with Gasteiger partial charge < -0.3 is 20.1 Å². The molecule has 152 valence electrons. The average Bonchev–Trinajstić information content (AvgIpc) is 2.64. The summed E-state index contributed by atoms with van der Waals surface area (Å²) in [4.78, 5) is 6.81. The number of nitrogens with one attached hydrogen (secondary N) is 2. The minimum absolute atomic E-state index is 0.198. The fraction of sp³-hybridized carbons (Fsp3) is 0.667. The van der Waals surface area contributed by atoms with E-state index in [0.717, 1.165) is 56.6 Å². The molecule has 1 fully saturated rings. The molecular formula is C21H36N4O2. The van der Waals surface area contributed by atoms with Crippen molar-refractivity contribution >= 4 is 5.96 Å². The van der Waals surface area contributed by atoms with Crippen LogP contribution in [-0.2, 0) is 11.3 Å². The molecule has 0 radical (unpaired) electrons. The summed E-state index contributed by atoms with van der Waals surface area (Å²) in [6.07, 6.45) is 0.198. The van der Waals surface area contributed by atoms with Crippen molar-refractivity contribution in [1.29, 1.82) is 0 Å². The van der Waals surface area contributed by atoms with Crippen LogP contribution >= 0.6 is 0 Å². The van der Waals surface area contributed by atoms with Crippen molar-refractivity contribution in [3.63, 3.8) is 0 Å². The third-order valence-corrected chi connectivity index (χ3v) is 4.57. The molecule has 0 spiro atoms. The van der Waals surface area contributed by atoms with Crippen molar-refractivity contribution in [1.82, 2.24) is 15.5 Å². The number of hydrogen-bond donors (Lipinski definition) is 2. The van der Waals surface area contributed by atoms with Gasteiger partial charge in [-0.3, -0.25) is 9.89 Å². The van der Waals surface area contributed by atoms with Crippen LogP contribution in [0.25, 0.3) is 0 Å². The Kier molecular flexibility index (Phi) is 8.88. The first-order valence-electron chi connectivity index (χ1n) is 10.0. The molecule has 1 heterocycles. The number of ether oxygens (including phenoxy) is 2. The highest BCUT2D eigenvalue weighted by Crippen LogP contribution is 2.19. The minimum Gasteiger partial charge on any atom is -0.494 e. The Labute approximate surface area is 164 Å². The summed E-state index contributed by atoms with van der Waals surface area (Å²) < 4.78 is 11.5. The number of aliphatic imine (C=N–C) groups is 1. The molecule has 6 heteroatoms. The molecule has 1 saturated heterocycles. The molecule has 1 aliphatic heterocycles. The van der Waals surface area contributed by atoms with E-state index in [0.29, 0.717) is 12.5 Å². The van der Waals surface area contributed by atoms with Crippen molar-refractivity contribution in [3.8, 4) is 5.75 Å². The highest BCUT2D eigenvalue weighted by Gasteiger charge is 2.21. The highest BCUT2D eigenvalue weighted by atomic mass is 16.5. The number of nitrogens with zero attached hydrogens (tertiary/aromatic N) is 2. The quantitative estimate of drug-likeness (QED) is 0.539. The molecule has 27 heavy (non-hydrogen) atoms. The van der Waals surface area contributed by atoms with E-state index < -0.39 is 0 Å². The lowest BCUT2D eigenvalue weighted by atomic mass is 10.1. The summed E-state index contributed by atoms with van der Waals surface area (Å²) in [5.74, 6) is 2.43. The maximum atomic E-state index is 5.90. The van der Waals surface area contributed by atoms with Crippen molar-refractivity contribution in [2.75, 3.05) is 46.4 Å². The Balaban J connectivity index is 1.78. The third kappa shape index (κ3) is 7.39. The topological polar surface area (TPSA) is 58.1 Å². The fourth-order valence-corrected chi connectivity index (χ4v) is 3.34. The summed E-state index contributed by atoms with van der Waals surface area (Å²) in [6, 6.07) is 6.27. The highest BCUT2D eigenvalue weighted by molar-refractivity contribution is 5.79. The molecule has 0 aliphatic carbocycles. The lowest BCUT2D eigenvalue weighted by molar-refractivity contribution is -0.0284. The van der Waals surface area contributed by atoms with Gasteiger partial charge in [0.15, 0.2) is 5.96 Å². The molecule has 6 nitrogen and oxygen atoms in total. The molecule has 0 aromatic heterocycles. The predicted octanol–water partition coefficient (Wildman–Crippen LogP) is 2.42. The molecule has 1 atom stereocenters.